The molecule has 1 aliphatic heterocycles. The molecule has 0 bridgehead atoms. The molecule has 0 saturated carbocycles. The van der Waals surface area contributed by atoms with E-state index in [-0.39, 0.29) is 37.4 Å². The summed E-state index contributed by atoms with van der Waals surface area (Å²) in [6.07, 6.45) is 3.54. The molecule has 11 nitrogen and oxygen atoms in total. The summed E-state index contributed by atoms with van der Waals surface area (Å²) in [6, 6.07) is 0. The van der Waals surface area contributed by atoms with E-state index in [4.69, 9.17) is 28.4 Å². The van der Waals surface area contributed by atoms with Gasteiger partial charge in [-0.15, -0.1) is 0 Å². The van der Waals surface area contributed by atoms with Crippen molar-refractivity contribution in [3.63, 3.8) is 0 Å². The van der Waals surface area contributed by atoms with Gasteiger partial charge in [0.2, 0.25) is 11.8 Å². The highest BCUT2D eigenvalue weighted by atomic mass is 16.6. The lowest BCUT2D eigenvalue weighted by molar-refractivity contribution is -0.156. The molecular weight excluding hydrogens is 448 g/mol. The third kappa shape index (κ3) is 17.4. The van der Waals surface area contributed by atoms with E-state index in [1.54, 1.807) is 6.08 Å². The van der Waals surface area contributed by atoms with Crippen LogP contribution < -0.4 is 5.32 Å². The Morgan fingerprint density at radius 3 is 2.15 bits per heavy atom. The SMILES string of the molecule is CC(C)(C)OC(=O)CCOCCOCCOCCOCCNC(=O)CCN1COCC=CC1=O. The Balaban J connectivity index is 1.81. The first kappa shape index (κ1) is 30.0. The van der Waals surface area contributed by atoms with Gasteiger partial charge in [-0.1, -0.05) is 6.08 Å². The molecule has 0 aromatic rings. The Bertz CT molecular complexity index is 620. The Labute approximate surface area is 202 Å². The average Bonchev–Trinajstić information content (AvgIpc) is 2.97. The Hall–Kier alpha value is -2.05. The molecular formula is C23H40N2O9. The van der Waals surface area contributed by atoms with E-state index < -0.39 is 5.60 Å². The highest BCUT2D eigenvalue weighted by Crippen LogP contribution is 2.08. The number of nitrogens with one attached hydrogen (secondary N) is 1. The zero-order valence-electron chi connectivity index (χ0n) is 20.7. The van der Waals surface area contributed by atoms with Crippen LogP contribution in [0, 0.1) is 0 Å². The first-order valence-electron chi connectivity index (χ1n) is 11.6. The quantitative estimate of drug-likeness (QED) is 0.219. The van der Waals surface area contributed by atoms with Gasteiger partial charge in [0.05, 0.1) is 65.9 Å². The molecule has 0 fully saturated rings. The van der Waals surface area contributed by atoms with Crippen LogP contribution in [-0.2, 0) is 42.8 Å². The lowest BCUT2D eigenvalue weighted by atomic mass is 10.2. The van der Waals surface area contributed by atoms with Crippen LogP contribution in [0.2, 0.25) is 0 Å². The van der Waals surface area contributed by atoms with Gasteiger partial charge in [-0.05, 0) is 20.8 Å². The van der Waals surface area contributed by atoms with Crippen molar-refractivity contribution in [3.8, 4) is 0 Å². The molecule has 1 N–H and O–H groups in total. The van der Waals surface area contributed by atoms with Gasteiger partial charge in [0, 0.05) is 25.6 Å². The second-order valence-corrected chi connectivity index (χ2v) is 8.39. The van der Waals surface area contributed by atoms with Gasteiger partial charge in [-0.2, -0.15) is 0 Å². The van der Waals surface area contributed by atoms with E-state index in [0.29, 0.717) is 72.6 Å². The van der Waals surface area contributed by atoms with Crippen LogP contribution in [0.4, 0.5) is 0 Å². The molecule has 0 saturated heterocycles. The third-order valence-electron chi connectivity index (χ3n) is 4.20. The predicted molar refractivity (Wildman–Crippen MR) is 123 cm³/mol. The summed E-state index contributed by atoms with van der Waals surface area (Å²) in [5.41, 5.74) is -0.481. The van der Waals surface area contributed by atoms with Crippen LogP contribution in [0.1, 0.15) is 33.6 Å². The number of hydrogen-bond acceptors (Lipinski definition) is 9. The molecule has 0 unspecified atom stereocenters. The van der Waals surface area contributed by atoms with E-state index in [2.05, 4.69) is 5.32 Å². The van der Waals surface area contributed by atoms with Crippen LogP contribution in [-0.4, -0.2) is 108 Å². The fourth-order valence-corrected chi connectivity index (χ4v) is 2.62. The van der Waals surface area contributed by atoms with E-state index in [1.807, 2.05) is 20.8 Å². The second-order valence-electron chi connectivity index (χ2n) is 8.39. The van der Waals surface area contributed by atoms with Crippen LogP contribution in [0.3, 0.4) is 0 Å². The molecule has 0 radical (unpaired) electrons. The summed E-state index contributed by atoms with van der Waals surface area (Å²) in [7, 11) is 0. The van der Waals surface area contributed by atoms with Crippen molar-refractivity contribution >= 4 is 17.8 Å². The summed E-state index contributed by atoms with van der Waals surface area (Å²) in [5.74, 6) is -0.574. The number of ether oxygens (including phenoxy) is 6. The van der Waals surface area contributed by atoms with Crippen molar-refractivity contribution in [1.29, 1.82) is 0 Å². The Morgan fingerprint density at radius 2 is 1.53 bits per heavy atom. The zero-order chi connectivity index (χ0) is 25.1. The van der Waals surface area contributed by atoms with Crippen LogP contribution in [0.15, 0.2) is 12.2 Å². The maximum Gasteiger partial charge on any atom is 0.308 e. The smallest absolute Gasteiger partial charge is 0.308 e. The molecule has 1 heterocycles. The molecule has 0 aromatic heterocycles. The molecule has 2 amide bonds. The van der Waals surface area contributed by atoms with E-state index in [9.17, 15) is 14.4 Å². The van der Waals surface area contributed by atoms with Gasteiger partial charge in [0.25, 0.3) is 0 Å². The Kier molecular flexibility index (Phi) is 16.1. The zero-order valence-corrected chi connectivity index (χ0v) is 20.7. The van der Waals surface area contributed by atoms with Crippen molar-refractivity contribution in [1.82, 2.24) is 10.2 Å². The molecule has 1 rings (SSSR count). The van der Waals surface area contributed by atoms with Crippen molar-refractivity contribution in [2.24, 2.45) is 0 Å². The number of esters is 1. The molecule has 0 atom stereocenters. The lowest BCUT2D eigenvalue weighted by Crippen LogP contribution is -2.35. The summed E-state index contributed by atoms with van der Waals surface area (Å²) in [6.45, 7) is 9.98. The van der Waals surface area contributed by atoms with Crippen LogP contribution in [0.5, 0.6) is 0 Å². The van der Waals surface area contributed by atoms with Crippen LogP contribution in [0.25, 0.3) is 0 Å². The molecule has 0 spiro atoms. The van der Waals surface area contributed by atoms with Crippen molar-refractivity contribution < 1.29 is 42.8 Å². The fraction of sp³-hybridized carbons (Fsp3) is 0.783. The number of nitrogens with zero attached hydrogens (tertiary/aromatic N) is 1. The summed E-state index contributed by atoms with van der Waals surface area (Å²) >= 11 is 0. The molecule has 1 aliphatic rings. The second kappa shape index (κ2) is 18.3. The molecule has 196 valence electrons. The molecule has 0 aliphatic carbocycles. The van der Waals surface area contributed by atoms with Crippen molar-refractivity contribution in [2.75, 3.05) is 79.3 Å². The van der Waals surface area contributed by atoms with E-state index in [0.717, 1.165) is 0 Å². The number of carbonyl (C=O) groups is 3. The maximum absolute atomic E-state index is 11.8. The predicted octanol–water partition coefficient (Wildman–Crippen LogP) is 0.663. The minimum atomic E-state index is -0.481. The van der Waals surface area contributed by atoms with Gasteiger partial charge in [0.1, 0.15) is 12.3 Å². The minimum absolute atomic E-state index is 0.146. The number of amides is 2. The summed E-state index contributed by atoms with van der Waals surface area (Å²) in [5, 5.41) is 2.75. The van der Waals surface area contributed by atoms with Gasteiger partial charge < -0.3 is 38.6 Å². The van der Waals surface area contributed by atoms with E-state index in [1.165, 1.54) is 11.0 Å². The lowest BCUT2D eigenvalue weighted by Gasteiger charge is -2.19. The fourth-order valence-electron chi connectivity index (χ4n) is 2.62. The van der Waals surface area contributed by atoms with Crippen molar-refractivity contribution in [2.45, 2.75) is 39.2 Å². The van der Waals surface area contributed by atoms with Gasteiger partial charge in [-0.25, -0.2) is 0 Å². The molecule has 11 heteroatoms. The first-order chi connectivity index (χ1) is 16.3. The maximum atomic E-state index is 11.8. The van der Waals surface area contributed by atoms with Crippen molar-refractivity contribution in [3.05, 3.63) is 12.2 Å². The van der Waals surface area contributed by atoms with E-state index >= 15 is 0 Å². The largest absolute Gasteiger partial charge is 0.460 e. The van der Waals surface area contributed by atoms with Gasteiger partial charge in [0.15, 0.2) is 0 Å². The monoisotopic (exact) mass is 488 g/mol. The Morgan fingerprint density at radius 1 is 0.941 bits per heavy atom. The minimum Gasteiger partial charge on any atom is -0.460 e. The number of rotatable bonds is 18. The standard InChI is InChI=1S/C23H40N2O9/c1-23(2,3)34-22(28)7-11-29-13-15-31-17-18-32-16-14-30-12-8-24-20(26)6-9-25-19-33-10-4-5-21(25)27/h4-5H,6-19H2,1-3H3,(H,24,26). The third-order valence-corrected chi connectivity index (χ3v) is 4.20. The van der Waals surface area contributed by atoms with Gasteiger partial charge in [-0.3, -0.25) is 14.4 Å². The highest BCUT2D eigenvalue weighted by Gasteiger charge is 2.16. The number of carbonyl (C=O) groups excluding carboxylic acids is 3. The van der Waals surface area contributed by atoms with Crippen LogP contribution >= 0.6 is 0 Å². The molecule has 0 aromatic carbocycles. The molecule has 34 heavy (non-hydrogen) atoms. The summed E-state index contributed by atoms with van der Waals surface area (Å²) in [4.78, 5) is 36.6. The van der Waals surface area contributed by atoms with Gasteiger partial charge >= 0.3 is 5.97 Å². The normalized spacial score (nSPS) is 14.2. The average molecular weight is 489 g/mol. The highest BCUT2D eigenvalue weighted by molar-refractivity contribution is 5.88. The summed E-state index contributed by atoms with van der Waals surface area (Å²) < 4.78 is 31.9. The first-order valence-corrected chi connectivity index (χ1v) is 11.6. The number of hydrogen-bond donors (Lipinski definition) is 1. The topological polar surface area (TPSA) is 122 Å².